The molecule has 0 bridgehead atoms. The molecule has 2 N–H and O–H groups in total. The molecule has 0 amide bonds. The third kappa shape index (κ3) is 2.92. The van der Waals surface area contributed by atoms with Gasteiger partial charge >= 0.3 is 5.97 Å². The van der Waals surface area contributed by atoms with Gasteiger partial charge in [0.2, 0.25) is 0 Å². The van der Waals surface area contributed by atoms with Crippen LogP contribution in [0.2, 0.25) is 0 Å². The highest BCUT2D eigenvalue weighted by Gasteiger charge is 2.37. The second-order valence-corrected chi connectivity index (χ2v) is 4.64. The van der Waals surface area contributed by atoms with E-state index < -0.39 is 5.54 Å². The predicted octanol–water partition coefficient (Wildman–Crippen LogP) is 0.838. The molecular formula is C11H19NO3. The fourth-order valence-corrected chi connectivity index (χ4v) is 1.81. The lowest BCUT2D eigenvalue weighted by Gasteiger charge is -2.30. The standard InChI is InChI=1S/C11H19NO3/c12-11(4-7-14-8-5-11)10(13)15-6-3-9-1-2-9/h9H,1-8,12H2. The Labute approximate surface area is 90.1 Å². The van der Waals surface area contributed by atoms with Gasteiger partial charge in [0.05, 0.1) is 6.61 Å². The number of nitrogens with two attached hydrogens (primary N) is 1. The number of esters is 1. The van der Waals surface area contributed by atoms with E-state index in [1.807, 2.05) is 0 Å². The van der Waals surface area contributed by atoms with Crippen molar-refractivity contribution in [3.63, 3.8) is 0 Å². The lowest BCUT2D eigenvalue weighted by molar-refractivity contribution is -0.154. The van der Waals surface area contributed by atoms with Crippen LogP contribution in [0.1, 0.15) is 32.1 Å². The van der Waals surface area contributed by atoms with Crippen LogP contribution in [0.3, 0.4) is 0 Å². The molecule has 2 fully saturated rings. The van der Waals surface area contributed by atoms with Crippen LogP contribution < -0.4 is 5.73 Å². The molecule has 0 aromatic heterocycles. The summed E-state index contributed by atoms with van der Waals surface area (Å²) in [5, 5.41) is 0. The van der Waals surface area contributed by atoms with Crippen molar-refractivity contribution >= 4 is 5.97 Å². The average Bonchev–Trinajstić information content (AvgIpc) is 3.03. The minimum Gasteiger partial charge on any atom is -0.464 e. The summed E-state index contributed by atoms with van der Waals surface area (Å²) < 4.78 is 10.4. The zero-order valence-electron chi connectivity index (χ0n) is 9.04. The number of hydrogen-bond acceptors (Lipinski definition) is 4. The minimum absolute atomic E-state index is 0.244. The zero-order valence-corrected chi connectivity index (χ0v) is 9.04. The van der Waals surface area contributed by atoms with E-state index in [0.29, 0.717) is 32.7 Å². The lowest BCUT2D eigenvalue weighted by Crippen LogP contribution is -2.52. The number of carbonyl (C=O) groups is 1. The van der Waals surface area contributed by atoms with Crippen LogP contribution in [0.25, 0.3) is 0 Å². The monoisotopic (exact) mass is 213 g/mol. The first-order valence-corrected chi connectivity index (χ1v) is 5.74. The van der Waals surface area contributed by atoms with E-state index in [0.717, 1.165) is 12.3 Å². The maximum absolute atomic E-state index is 11.7. The molecule has 1 aliphatic heterocycles. The van der Waals surface area contributed by atoms with Gasteiger partial charge in [-0.1, -0.05) is 12.8 Å². The van der Waals surface area contributed by atoms with E-state index in [2.05, 4.69) is 0 Å². The summed E-state index contributed by atoms with van der Waals surface area (Å²) in [5.74, 6) is 0.549. The van der Waals surface area contributed by atoms with Gasteiger partial charge in [0.15, 0.2) is 0 Å². The fourth-order valence-electron chi connectivity index (χ4n) is 1.81. The van der Waals surface area contributed by atoms with Gasteiger partial charge in [-0.15, -0.1) is 0 Å². The van der Waals surface area contributed by atoms with E-state index >= 15 is 0 Å². The molecule has 0 unspecified atom stereocenters. The molecule has 86 valence electrons. The summed E-state index contributed by atoms with van der Waals surface area (Å²) in [7, 11) is 0. The van der Waals surface area contributed by atoms with Crippen LogP contribution in [0.5, 0.6) is 0 Å². The Morgan fingerprint density at radius 1 is 1.40 bits per heavy atom. The van der Waals surface area contributed by atoms with Gasteiger partial charge in [-0.25, -0.2) is 0 Å². The molecule has 0 radical (unpaired) electrons. The second kappa shape index (κ2) is 4.49. The Bertz CT molecular complexity index is 232. The van der Waals surface area contributed by atoms with Crippen molar-refractivity contribution < 1.29 is 14.3 Å². The molecule has 4 heteroatoms. The average molecular weight is 213 g/mol. The maximum atomic E-state index is 11.7. The maximum Gasteiger partial charge on any atom is 0.326 e. The predicted molar refractivity (Wildman–Crippen MR) is 55.3 cm³/mol. The normalized spacial score (nSPS) is 24.9. The Balaban J connectivity index is 1.72. The van der Waals surface area contributed by atoms with Crippen LogP contribution in [-0.2, 0) is 14.3 Å². The van der Waals surface area contributed by atoms with Crippen molar-refractivity contribution in [1.29, 1.82) is 0 Å². The third-order valence-electron chi connectivity index (χ3n) is 3.25. The first-order valence-electron chi connectivity index (χ1n) is 5.74. The number of hydrogen-bond donors (Lipinski definition) is 1. The minimum atomic E-state index is -0.790. The molecule has 0 spiro atoms. The molecule has 2 aliphatic rings. The van der Waals surface area contributed by atoms with Crippen molar-refractivity contribution in [2.24, 2.45) is 11.7 Å². The van der Waals surface area contributed by atoms with Gasteiger partial charge in [0, 0.05) is 13.2 Å². The molecular weight excluding hydrogens is 194 g/mol. The lowest BCUT2D eigenvalue weighted by atomic mass is 9.92. The number of ether oxygens (including phenoxy) is 2. The second-order valence-electron chi connectivity index (χ2n) is 4.64. The van der Waals surface area contributed by atoms with Crippen molar-refractivity contribution in [2.45, 2.75) is 37.6 Å². The molecule has 1 heterocycles. The first kappa shape index (κ1) is 10.9. The van der Waals surface area contributed by atoms with Crippen LogP contribution in [-0.4, -0.2) is 31.3 Å². The summed E-state index contributed by atoms with van der Waals surface area (Å²) in [6.45, 7) is 1.66. The molecule has 1 saturated heterocycles. The summed E-state index contributed by atoms with van der Waals surface area (Å²) in [5.41, 5.74) is 5.19. The van der Waals surface area contributed by atoms with Gasteiger partial charge in [0.25, 0.3) is 0 Å². The highest BCUT2D eigenvalue weighted by molar-refractivity contribution is 5.80. The number of carbonyl (C=O) groups excluding carboxylic acids is 1. The molecule has 0 aromatic rings. The highest BCUT2D eigenvalue weighted by Crippen LogP contribution is 2.32. The summed E-state index contributed by atoms with van der Waals surface area (Å²) in [4.78, 5) is 11.7. The van der Waals surface area contributed by atoms with Crippen molar-refractivity contribution in [3.05, 3.63) is 0 Å². The molecule has 2 rings (SSSR count). The van der Waals surface area contributed by atoms with E-state index in [1.54, 1.807) is 0 Å². The molecule has 1 saturated carbocycles. The summed E-state index contributed by atoms with van der Waals surface area (Å²) >= 11 is 0. The Morgan fingerprint density at radius 3 is 2.67 bits per heavy atom. The van der Waals surface area contributed by atoms with Crippen molar-refractivity contribution in [2.75, 3.05) is 19.8 Å². The van der Waals surface area contributed by atoms with Crippen LogP contribution in [0.15, 0.2) is 0 Å². The summed E-state index contributed by atoms with van der Waals surface area (Å²) in [6.07, 6.45) is 4.74. The molecule has 0 atom stereocenters. The van der Waals surface area contributed by atoms with Gasteiger partial charge < -0.3 is 15.2 Å². The van der Waals surface area contributed by atoms with Gasteiger partial charge in [0.1, 0.15) is 5.54 Å². The van der Waals surface area contributed by atoms with E-state index in [1.165, 1.54) is 12.8 Å². The Kier molecular flexibility index (Phi) is 3.26. The van der Waals surface area contributed by atoms with Gasteiger partial charge in [-0.3, -0.25) is 4.79 Å². The number of rotatable bonds is 4. The molecule has 1 aliphatic carbocycles. The van der Waals surface area contributed by atoms with Gasteiger partial charge in [-0.2, -0.15) is 0 Å². The molecule has 15 heavy (non-hydrogen) atoms. The van der Waals surface area contributed by atoms with E-state index in [-0.39, 0.29) is 5.97 Å². The smallest absolute Gasteiger partial charge is 0.326 e. The fraction of sp³-hybridized carbons (Fsp3) is 0.909. The van der Waals surface area contributed by atoms with Crippen LogP contribution in [0.4, 0.5) is 0 Å². The molecule has 4 nitrogen and oxygen atoms in total. The topological polar surface area (TPSA) is 61.6 Å². The Hall–Kier alpha value is -0.610. The van der Waals surface area contributed by atoms with Crippen molar-refractivity contribution in [3.8, 4) is 0 Å². The Morgan fingerprint density at radius 2 is 2.07 bits per heavy atom. The summed E-state index contributed by atoms with van der Waals surface area (Å²) in [6, 6.07) is 0. The van der Waals surface area contributed by atoms with E-state index in [4.69, 9.17) is 15.2 Å². The quantitative estimate of drug-likeness (QED) is 0.703. The first-order chi connectivity index (χ1) is 7.21. The van der Waals surface area contributed by atoms with Crippen molar-refractivity contribution in [1.82, 2.24) is 0 Å². The molecule has 0 aromatic carbocycles. The largest absolute Gasteiger partial charge is 0.464 e. The third-order valence-corrected chi connectivity index (χ3v) is 3.25. The zero-order chi connectivity index (χ0) is 10.7. The van der Waals surface area contributed by atoms with Crippen LogP contribution >= 0.6 is 0 Å². The van der Waals surface area contributed by atoms with E-state index in [9.17, 15) is 4.79 Å². The van der Waals surface area contributed by atoms with Gasteiger partial charge in [-0.05, 0) is 25.2 Å². The SMILES string of the molecule is NC1(C(=O)OCCC2CC2)CCOCC1. The van der Waals surface area contributed by atoms with Crippen LogP contribution in [0, 0.1) is 5.92 Å². The highest BCUT2D eigenvalue weighted by atomic mass is 16.5.